The molecular formula is C64H102O6. The summed E-state index contributed by atoms with van der Waals surface area (Å²) >= 11 is 0. The molecule has 394 valence electrons. The molecule has 0 amide bonds. The van der Waals surface area contributed by atoms with Gasteiger partial charge in [0.15, 0.2) is 6.10 Å². The van der Waals surface area contributed by atoms with Crippen LogP contribution in [0.15, 0.2) is 134 Å². The van der Waals surface area contributed by atoms with E-state index in [1.54, 1.807) is 0 Å². The molecule has 0 aliphatic rings. The maximum atomic E-state index is 12.9. The molecule has 6 nitrogen and oxygen atoms in total. The molecule has 0 radical (unpaired) electrons. The standard InChI is InChI=1S/C64H102O6/c1-4-7-10-13-16-19-22-25-28-31-33-36-39-42-45-48-51-54-57-63(66)69-60-61(59-68-62(65)56-53-50-47-44-41-38-35-30-27-24-21-18-15-12-9-6-3)70-64(67)58-55-52-49-46-43-40-37-34-32-29-26-23-20-17-14-11-8-5-2/h10-11,13-14,16-17,19-20,22-23,25-26,28-37,61H,4-9,12,15,18,21,24,27,38-60H2,1-3H3/b13-10-,14-11-,19-16-,20-17-,25-22-,26-23-,31-28-,32-29-,35-30-,36-33-,37-34-. The third-order valence-electron chi connectivity index (χ3n) is 11.6. The highest BCUT2D eigenvalue weighted by Gasteiger charge is 2.19. The average Bonchev–Trinajstić information content (AvgIpc) is 3.36. The lowest BCUT2D eigenvalue weighted by molar-refractivity contribution is -0.167. The van der Waals surface area contributed by atoms with Gasteiger partial charge in [-0.05, 0) is 83.5 Å². The van der Waals surface area contributed by atoms with E-state index in [9.17, 15) is 14.4 Å². The molecule has 0 aliphatic heterocycles. The first-order chi connectivity index (χ1) is 34.5. The minimum Gasteiger partial charge on any atom is -0.462 e. The summed E-state index contributed by atoms with van der Waals surface area (Å²) in [6.45, 7) is 6.40. The van der Waals surface area contributed by atoms with Crippen LogP contribution in [0.2, 0.25) is 0 Å². The quantitative estimate of drug-likeness (QED) is 0.0199. The fourth-order valence-corrected chi connectivity index (χ4v) is 7.32. The average molecular weight is 968 g/mol. The van der Waals surface area contributed by atoms with Crippen LogP contribution in [0.1, 0.15) is 233 Å². The lowest BCUT2D eigenvalue weighted by Crippen LogP contribution is -2.30. The van der Waals surface area contributed by atoms with Crippen LogP contribution in [-0.2, 0) is 28.6 Å². The summed E-state index contributed by atoms with van der Waals surface area (Å²) < 4.78 is 16.8. The van der Waals surface area contributed by atoms with E-state index in [2.05, 4.69) is 106 Å². The van der Waals surface area contributed by atoms with Crippen LogP contribution in [0.25, 0.3) is 0 Å². The molecular weight excluding hydrogens is 865 g/mol. The summed E-state index contributed by atoms with van der Waals surface area (Å²) in [5.74, 6) is -0.969. The normalized spacial score (nSPS) is 13.1. The lowest BCUT2D eigenvalue weighted by Gasteiger charge is -2.18. The van der Waals surface area contributed by atoms with Crippen molar-refractivity contribution >= 4 is 17.9 Å². The maximum Gasteiger partial charge on any atom is 0.306 e. The molecule has 1 atom stereocenters. The third kappa shape index (κ3) is 54.5. The van der Waals surface area contributed by atoms with Crippen molar-refractivity contribution < 1.29 is 28.6 Å². The highest BCUT2D eigenvalue weighted by molar-refractivity contribution is 5.71. The Morgan fingerprint density at radius 1 is 0.286 bits per heavy atom. The summed E-state index contributed by atoms with van der Waals surface area (Å²) in [7, 11) is 0. The molecule has 0 saturated carbocycles. The summed E-state index contributed by atoms with van der Waals surface area (Å²) in [5, 5.41) is 0. The molecule has 6 heteroatoms. The van der Waals surface area contributed by atoms with Crippen LogP contribution >= 0.6 is 0 Å². The Morgan fingerprint density at radius 3 is 0.900 bits per heavy atom. The zero-order valence-corrected chi connectivity index (χ0v) is 45.0. The van der Waals surface area contributed by atoms with Crippen LogP contribution in [0.3, 0.4) is 0 Å². The second-order valence-electron chi connectivity index (χ2n) is 18.4. The number of hydrogen-bond acceptors (Lipinski definition) is 6. The zero-order valence-electron chi connectivity index (χ0n) is 45.0. The number of esters is 3. The number of carbonyl (C=O) groups excluding carboxylic acids is 3. The Balaban J connectivity index is 4.55. The largest absolute Gasteiger partial charge is 0.462 e. The van der Waals surface area contributed by atoms with Crippen molar-refractivity contribution in [3.05, 3.63) is 134 Å². The minimum atomic E-state index is -0.812. The van der Waals surface area contributed by atoms with Crippen LogP contribution in [-0.4, -0.2) is 37.2 Å². The summed E-state index contributed by atoms with van der Waals surface area (Å²) in [6.07, 6.45) is 79.9. The minimum absolute atomic E-state index is 0.106. The van der Waals surface area contributed by atoms with Crippen molar-refractivity contribution in [1.29, 1.82) is 0 Å². The van der Waals surface area contributed by atoms with Gasteiger partial charge in [0, 0.05) is 19.3 Å². The number of rotatable bonds is 49. The van der Waals surface area contributed by atoms with Crippen molar-refractivity contribution in [2.24, 2.45) is 0 Å². The van der Waals surface area contributed by atoms with E-state index < -0.39 is 6.10 Å². The van der Waals surface area contributed by atoms with E-state index in [1.807, 2.05) is 48.6 Å². The fourth-order valence-electron chi connectivity index (χ4n) is 7.32. The molecule has 0 fully saturated rings. The molecule has 0 N–H and O–H groups in total. The van der Waals surface area contributed by atoms with Gasteiger partial charge in [-0.3, -0.25) is 14.4 Å². The van der Waals surface area contributed by atoms with Crippen LogP contribution in [0.5, 0.6) is 0 Å². The molecule has 0 aromatic carbocycles. The van der Waals surface area contributed by atoms with Gasteiger partial charge in [0.2, 0.25) is 0 Å². The van der Waals surface area contributed by atoms with Gasteiger partial charge in [0.1, 0.15) is 13.2 Å². The number of allylic oxidation sites excluding steroid dienone is 22. The Labute approximate surface area is 430 Å². The molecule has 0 heterocycles. The molecule has 0 aliphatic carbocycles. The first kappa shape index (κ1) is 65.5. The van der Waals surface area contributed by atoms with E-state index in [1.165, 1.54) is 70.6 Å². The van der Waals surface area contributed by atoms with Crippen molar-refractivity contribution in [3.8, 4) is 0 Å². The Bertz CT molecular complexity index is 1530. The van der Waals surface area contributed by atoms with Gasteiger partial charge in [0.05, 0.1) is 0 Å². The van der Waals surface area contributed by atoms with Gasteiger partial charge in [0.25, 0.3) is 0 Å². The van der Waals surface area contributed by atoms with E-state index in [0.717, 1.165) is 122 Å². The van der Waals surface area contributed by atoms with Gasteiger partial charge in [-0.25, -0.2) is 0 Å². The smallest absolute Gasteiger partial charge is 0.306 e. The van der Waals surface area contributed by atoms with E-state index in [4.69, 9.17) is 14.2 Å². The van der Waals surface area contributed by atoms with Gasteiger partial charge in [-0.2, -0.15) is 0 Å². The Kier molecular flexibility index (Phi) is 53.5. The topological polar surface area (TPSA) is 78.9 Å². The zero-order chi connectivity index (χ0) is 50.7. The summed E-state index contributed by atoms with van der Waals surface area (Å²) in [5.41, 5.74) is 0. The van der Waals surface area contributed by atoms with E-state index in [-0.39, 0.29) is 37.5 Å². The number of unbranched alkanes of at least 4 members (excludes halogenated alkanes) is 24. The highest BCUT2D eigenvalue weighted by Crippen LogP contribution is 2.14. The number of hydrogen-bond donors (Lipinski definition) is 0. The molecule has 0 bridgehead atoms. The Hall–Kier alpha value is -4.45. The van der Waals surface area contributed by atoms with E-state index >= 15 is 0 Å². The predicted molar refractivity (Wildman–Crippen MR) is 302 cm³/mol. The molecule has 0 rings (SSSR count). The SMILES string of the molecule is CCC\C=C/C=C\C=C/C=C\C=C/CCCCCCCC(=O)OCC(COC(=O)CCCCCCC/C=C\CCCCCCCCC)OC(=O)CCCCCCC\C=C/C=C\C=C/C=C\C=C/CCC. The molecule has 1 unspecified atom stereocenters. The maximum absolute atomic E-state index is 12.9. The Morgan fingerprint density at radius 2 is 0.557 bits per heavy atom. The number of ether oxygens (including phenoxy) is 3. The van der Waals surface area contributed by atoms with Crippen molar-refractivity contribution in [3.63, 3.8) is 0 Å². The van der Waals surface area contributed by atoms with Crippen molar-refractivity contribution in [2.75, 3.05) is 13.2 Å². The predicted octanol–water partition coefficient (Wildman–Crippen LogP) is 19.0. The fraction of sp³-hybridized carbons (Fsp3) is 0.609. The van der Waals surface area contributed by atoms with Gasteiger partial charge in [-0.15, -0.1) is 0 Å². The van der Waals surface area contributed by atoms with Crippen LogP contribution in [0.4, 0.5) is 0 Å². The summed E-state index contributed by atoms with van der Waals surface area (Å²) in [6, 6.07) is 0. The van der Waals surface area contributed by atoms with Gasteiger partial charge < -0.3 is 14.2 Å². The highest BCUT2D eigenvalue weighted by atomic mass is 16.6. The van der Waals surface area contributed by atoms with Crippen LogP contribution in [0, 0.1) is 0 Å². The van der Waals surface area contributed by atoms with Crippen molar-refractivity contribution in [1.82, 2.24) is 0 Å². The molecule has 0 aromatic rings. The molecule has 0 saturated heterocycles. The van der Waals surface area contributed by atoms with Gasteiger partial charge >= 0.3 is 17.9 Å². The molecule has 0 aromatic heterocycles. The first-order valence-electron chi connectivity index (χ1n) is 28.3. The third-order valence-corrected chi connectivity index (χ3v) is 11.6. The second kappa shape index (κ2) is 57.1. The lowest BCUT2D eigenvalue weighted by atomic mass is 10.1. The summed E-state index contributed by atoms with van der Waals surface area (Å²) in [4.78, 5) is 38.2. The monoisotopic (exact) mass is 967 g/mol. The van der Waals surface area contributed by atoms with E-state index in [0.29, 0.717) is 12.8 Å². The molecule has 0 spiro atoms. The van der Waals surface area contributed by atoms with Gasteiger partial charge in [-0.1, -0.05) is 264 Å². The van der Waals surface area contributed by atoms with Crippen molar-refractivity contribution in [2.45, 2.75) is 239 Å². The first-order valence-corrected chi connectivity index (χ1v) is 28.3. The molecule has 70 heavy (non-hydrogen) atoms. The second-order valence-corrected chi connectivity index (χ2v) is 18.4. The number of carbonyl (C=O) groups is 3. The van der Waals surface area contributed by atoms with Crippen LogP contribution < -0.4 is 0 Å².